The van der Waals surface area contributed by atoms with Crippen LogP contribution in [-0.4, -0.2) is 18.3 Å². The van der Waals surface area contributed by atoms with Gasteiger partial charge >= 0.3 is 7.12 Å². The van der Waals surface area contributed by atoms with E-state index in [9.17, 15) is 4.39 Å². The first kappa shape index (κ1) is 14.1. The van der Waals surface area contributed by atoms with Gasteiger partial charge in [0.25, 0.3) is 0 Å². The maximum absolute atomic E-state index is 13.7. The van der Waals surface area contributed by atoms with Crippen LogP contribution < -0.4 is 0 Å². The predicted molar refractivity (Wildman–Crippen MR) is 78.3 cm³/mol. The van der Waals surface area contributed by atoms with Crippen LogP contribution in [0.25, 0.3) is 0 Å². The van der Waals surface area contributed by atoms with Crippen molar-refractivity contribution in [2.24, 2.45) is 0 Å². The van der Waals surface area contributed by atoms with Crippen LogP contribution in [-0.2, 0) is 9.31 Å². The second-order valence-corrected chi connectivity index (χ2v) is 7.14. The van der Waals surface area contributed by atoms with E-state index in [0.717, 1.165) is 12.0 Å². The van der Waals surface area contributed by atoms with Crippen molar-refractivity contribution < 1.29 is 13.7 Å². The Balaban J connectivity index is 1.72. The minimum absolute atomic E-state index is 0.123. The SMILES string of the molecule is Cc1ccc([C@@H]2C[C@H]2B2OC(C)(C)C(C)(C)O2)cc1F. The monoisotopic (exact) mass is 276 g/mol. The van der Waals surface area contributed by atoms with E-state index >= 15 is 0 Å². The maximum atomic E-state index is 13.7. The predicted octanol–water partition coefficient (Wildman–Crippen LogP) is 4.08. The zero-order chi connectivity index (χ0) is 14.7. The van der Waals surface area contributed by atoms with Crippen molar-refractivity contribution in [1.82, 2.24) is 0 Å². The molecule has 0 unspecified atom stereocenters. The van der Waals surface area contributed by atoms with Gasteiger partial charge in [-0.25, -0.2) is 4.39 Å². The van der Waals surface area contributed by atoms with Crippen LogP contribution in [0.4, 0.5) is 4.39 Å². The van der Waals surface area contributed by atoms with Crippen molar-refractivity contribution in [1.29, 1.82) is 0 Å². The van der Waals surface area contributed by atoms with Gasteiger partial charge in [0.2, 0.25) is 0 Å². The van der Waals surface area contributed by atoms with Gasteiger partial charge in [-0.1, -0.05) is 12.1 Å². The molecule has 0 spiro atoms. The Morgan fingerprint density at radius 3 is 2.30 bits per heavy atom. The van der Waals surface area contributed by atoms with Crippen molar-refractivity contribution in [3.8, 4) is 0 Å². The Bertz CT molecular complexity index is 525. The number of benzene rings is 1. The molecule has 2 nitrogen and oxygen atoms in total. The molecule has 1 heterocycles. The highest BCUT2D eigenvalue weighted by atomic mass is 19.1. The van der Waals surface area contributed by atoms with Crippen molar-refractivity contribution in [2.45, 2.75) is 64.0 Å². The molecule has 4 heteroatoms. The van der Waals surface area contributed by atoms with Crippen LogP contribution in [0.5, 0.6) is 0 Å². The minimum atomic E-state index is -0.288. The number of halogens is 1. The van der Waals surface area contributed by atoms with Gasteiger partial charge in [-0.05, 0) is 64.2 Å². The molecule has 2 atom stereocenters. The second-order valence-electron chi connectivity index (χ2n) is 7.14. The summed E-state index contributed by atoms with van der Waals surface area (Å²) in [4.78, 5) is 0. The quantitative estimate of drug-likeness (QED) is 0.758. The fraction of sp³-hybridized carbons (Fsp3) is 0.625. The van der Waals surface area contributed by atoms with Crippen LogP contribution in [0.2, 0.25) is 5.82 Å². The first-order valence-electron chi connectivity index (χ1n) is 7.33. The zero-order valence-electron chi connectivity index (χ0n) is 12.9. The third-order valence-corrected chi connectivity index (χ3v) is 5.08. The maximum Gasteiger partial charge on any atom is 0.461 e. The van der Waals surface area contributed by atoms with Gasteiger partial charge in [-0.3, -0.25) is 0 Å². The zero-order valence-corrected chi connectivity index (χ0v) is 12.9. The lowest BCUT2D eigenvalue weighted by atomic mass is 9.79. The first-order valence-corrected chi connectivity index (χ1v) is 7.33. The van der Waals surface area contributed by atoms with E-state index in [4.69, 9.17) is 9.31 Å². The lowest BCUT2D eigenvalue weighted by Crippen LogP contribution is -2.41. The molecule has 20 heavy (non-hydrogen) atoms. The average molecular weight is 276 g/mol. The summed E-state index contributed by atoms with van der Waals surface area (Å²) in [5, 5.41) is 0. The summed E-state index contributed by atoms with van der Waals surface area (Å²) in [6.07, 6.45) is 1.01. The molecule has 0 N–H and O–H groups in total. The van der Waals surface area contributed by atoms with E-state index in [2.05, 4.69) is 27.7 Å². The van der Waals surface area contributed by atoms with Crippen LogP contribution in [0.3, 0.4) is 0 Å². The fourth-order valence-electron chi connectivity index (χ4n) is 2.80. The molecule has 2 fully saturated rings. The van der Waals surface area contributed by atoms with Gasteiger partial charge in [-0.15, -0.1) is 0 Å². The van der Waals surface area contributed by atoms with Gasteiger partial charge in [0, 0.05) is 5.82 Å². The molecular weight excluding hydrogens is 254 g/mol. The van der Waals surface area contributed by atoms with Gasteiger partial charge in [0.1, 0.15) is 5.82 Å². The highest BCUT2D eigenvalue weighted by molar-refractivity contribution is 6.49. The summed E-state index contributed by atoms with van der Waals surface area (Å²) in [6.45, 7) is 10.1. The summed E-state index contributed by atoms with van der Waals surface area (Å²) >= 11 is 0. The molecule has 108 valence electrons. The summed E-state index contributed by atoms with van der Waals surface area (Å²) in [5.41, 5.74) is 1.18. The molecule has 2 aliphatic rings. The first-order chi connectivity index (χ1) is 9.21. The van der Waals surface area contributed by atoms with Gasteiger partial charge in [0.15, 0.2) is 0 Å². The highest BCUT2D eigenvalue weighted by Gasteiger charge is 2.59. The lowest BCUT2D eigenvalue weighted by Gasteiger charge is -2.32. The molecule has 1 aromatic rings. The van der Waals surface area contributed by atoms with Gasteiger partial charge < -0.3 is 9.31 Å². The number of aryl methyl sites for hydroxylation is 1. The Morgan fingerprint density at radius 1 is 1.15 bits per heavy atom. The Morgan fingerprint density at radius 2 is 1.75 bits per heavy atom. The Labute approximate surface area is 120 Å². The Hall–Kier alpha value is -0.865. The van der Waals surface area contributed by atoms with Crippen molar-refractivity contribution >= 4 is 7.12 Å². The number of hydrogen-bond donors (Lipinski definition) is 0. The standard InChI is InChI=1S/C16H22BFO2/c1-10-6-7-11(8-14(10)18)12-9-13(12)17-19-15(2,3)16(4,5)20-17/h6-8,12-13H,9H2,1-5H3/t12-,13+/m0/s1. The van der Waals surface area contributed by atoms with E-state index in [0.29, 0.717) is 17.3 Å². The summed E-state index contributed by atoms with van der Waals surface area (Å²) in [5.74, 6) is 0.583. The van der Waals surface area contributed by atoms with E-state index < -0.39 is 0 Å². The number of hydrogen-bond acceptors (Lipinski definition) is 2. The van der Waals surface area contributed by atoms with Crippen LogP contribution in [0.15, 0.2) is 18.2 Å². The Kier molecular flexibility index (Phi) is 3.04. The van der Waals surface area contributed by atoms with Crippen LogP contribution in [0.1, 0.15) is 51.2 Å². The van der Waals surface area contributed by atoms with E-state index in [-0.39, 0.29) is 24.1 Å². The van der Waals surface area contributed by atoms with Crippen molar-refractivity contribution in [2.75, 3.05) is 0 Å². The minimum Gasteiger partial charge on any atom is -0.403 e. The highest BCUT2D eigenvalue weighted by Crippen LogP contribution is 2.58. The number of rotatable bonds is 2. The summed E-state index contributed by atoms with van der Waals surface area (Å²) < 4.78 is 25.8. The molecule has 0 radical (unpaired) electrons. The molecule has 3 rings (SSSR count). The van der Waals surface area contributed by atoms with Crippen LogP contribution in [0, 0.1) is 12.7 Å². The molecular formula is C16H22BFO2. The third kappa shape index (κ3) is 2.19. The molecule has 1 saturated carbocycles. The van der Waals surface area contributed by atoms with E-state index in [1.807, 2.05) is 12.1 Å². The lowest BCUT2D eigenvalue weighted by molar-refractivity contribution is 0.00578. The van der Waals surface area contributed by atoms with Crippen LogP contribution >= 0.6 is 0 Å². The fourth-order valence-corrected chi connectivity index (χ4v) is 2.80. The summed E-state index contributed by atoms with van der Waals surface area (Å²) in [6, 6.07) is 5.53. The summed E-state index contributed by atoms with van der Waals surface area (Å²) in [7, 11) is -0.172. The molecule has 1 aliphatic carbocycles. The molecule has 0 aromatic heterocycles. The molecule has 1 aliphatic heterocycles. The van der Waals surface area contributed by atoms with E-state index in [1.165, 1.54) is 0 Å². The largest absolute Gasteiger partial charge is 0.461 e. The van der Waals surface area contributed by atoms with Gasteiger partial charge in [-0.2, -0.15) is 0 Å². The normalized spacial score (nSPS) is 30.6. The van der Waals surface area contributed by atoms with E-state index in [1.54, 1.807) is 13.0 Å². The average Bonchev–Trinajstić information content (AvgIpc) is 3.07. The smallest absolute Gasteiger partial charge is 0.403 e. The third-order valence-electron chi connectivity index (χ3n) is 5.08. The topological polar surface area (TPSA) is 18.5 Å². The molecule has 0 bridgehead atoms. The van der Waals surface area contributed by atoms with Crippen molar-refractivity contribution in [3.63, 3.8) is 0 Å². The molecule has 0 amide bonds. The van der Waals surface area contributed by atoms with Gasteiger partial charge in [0.05, 0.1) is 11.2 Å². The molecule has 1 saturated heterocycles. The molecule has 1 aromatic carbocycles. The van der Waals surface area contributed by atoms with Crippen molar-refractivity contribution in [3.05, 3.63) is 35.1 Å². The second kappa shape index (κ2) is 4.31.